The summed E-state index contributed by atoms with van der Waals surface area (Å²) in [5, 5.41) is 9.60. The number of ether oxygens (including phenoxy) is 2. The number of rotatable bonds is 3. The van der Waals surface area contributed by atoms with Crippen molar-refractivity contribution in [3.8, 4) is 0 Å². The Morgan fingerprint density at radius 2 is 1.92 bits per heavy atom. The van der Waals surface area contributed by atoms with Crippen LogP contribution in [0.4, 0.5) is 4.79 Å². The zero-order valence-corrected chi connectivity index (χ0v) is 10.1. The van der Waals surface area contributed by atoms with Crippen molar-refractivity contribution in [1.29, 1.82) is 0 Å². The van der Waals surface area contributed by atoms with E-state index in [-0.39, 0.29) is 57.0 Å². The average Bonchev–Trinajstić information content (AvgIpc) is 1.86. The molecule has 0 aliphatic rings. The minimum Gasteiger partial charge on any atom is -0.513 e. The Labute approximate surface area is 112 Å². The molecule has 0 aromatic heterocycles. The third-order valence-corrected chi connectivity index (χ3v) is 0.715. The first-order valence-electron chi connectivity index (χ1n) is 2.70. The van der Waals surface area contributed by atoms with Crippen LogP contribution in [0.5, 0.6) is 0 Å². The zero-order chi connectivity index (χ0) is 8.85. The molecule has 0 saturated heterocycles. The van der Waals surface area contributed by atoms with E-state index in [1.54, 1.807) is 0 Å². The van der Waals surface area contributed by atoms with Crippen LogP contribution in [0.1, 0.15) is 6.92 Å². The number of esters is 1. The van der Waals surface area contributed by atoms with Crippen molar-refractivity contribution in [2.75, 3.05) is 6.79 Å². The van der Waals surface area contributed by atoms with E-state index in [2.05, 4.69) is 16.1 Å². The van der Waals surface area contributed by atoms with Crippen molar-refractivity contribution in [2.45, 2.75) is 6.92 Å². The summed E-state index contributed by atoms with van der Waals surface area (Å²) in [5.74, 6) is -0.703. The summed E-state index contributed by atoms with van der Waals surface area (Å²) in [7, 11) is 0. The molecule has 0 aromatic rings. The van der Waals surface area contributed by atoms with Gasteiger partial charge in [-0.2, -0.15) is 0 Å². The molecule has 6 heteroatoms. The smallest absolute Gasteiger partial charge is 0.513 e. The molecule has 0 fully saturated rings. The standard InChI is InChI=1S/C6H8O5.K/c1-4(2)5(7)10-3-11-6(8)9;/h1,3H2,2H3,(H,8,9);/q;+1/p-1. The average molecular weight is 198 g/mol. The molecule has 0 saturated carbocycles. The van der Waals surface area contributed by atoms with Gasteiger partial charge in [0.2, 0.25) is 0 Å². The normalized spacial score (nSPS) is 7.75. The van der Waals surface area contributed by atoms with Crippen LogP contribution in [0.25, 0.3) is 0 Å². The molecular formula is C6H7KO5. The van der Waals surface area contributed by atoms with E-state index in [0.717, 1.165) is 0 Å². The SMILES string of the molecule is C=C(C)C(=O)OCOC(=O)[O-].[K+]. The van der Waals surface area contributed by atoms with Gasteiger partial charge in [-0.1, -0.05) is 6.58 Å². The monoisotopic (exact) mass is 198 g/mol. The predicted octanol–water partition coefficient (Wildman–Crippen LogP) is -3.57. The van der Waals surface area contributed by atoms with E-state index >= 15 is 0 Å². The topological polar surface area (TPSA) is 75.7 Å². The second kappa shape index (κ2) is 7.75. The molecule has 5 nitrogen and oxygen atoms in total. The van der Waals surface area contributed by atoms with Gasteiger partial charge in [0.15, 0.2) is 6.79 Å². The van der Waals surface area contributed by atoms with Crippen LogP contribution in [0.3, 0.4) is 0 Å². The van der Waals surface area contributed by atoms with Gasteiger partial charge in [0.25, 0.3) is 6.16 Å². The largest absolute Gasteiger partial charge is 1.00 e. The van der Waals surface area contributed by atoms with Gasteiger partial charge in [0, 0.05) is 5.57 Å². The Hall–Kier alpha value is 0.116. The van der Waals surface area contributed by atoms with Crippen molar-refractivity contribution in [3.05, 3.63) is 12.2 Å². The summed E-state index contributed by atoms with van der Waals surface area (Å²) in [6, 6.07) is 0. The second-order valence-corrected chi connectivity index (χ2v) is 1.72. The van der Waals surface area contributed by atoms with Crippen molar-refractivity contribution in [2.24, 2.45) is 0 Å². The van der Waals surface area contributed by atoms with Gasteiger partial charge >= 0.3 is 57.4 Å². The van der Waals surface area contributed by atoms with Gasteiger partial charge in [-0.25, -0.2) is 4.79 Å². The van der Waals surface area contributed by atoms with E-state index < -0.39 is 18.9 Å². The van der Waals surface area contributed by atoms with E-state index in [9.17, 15) is 14.7 Å². The minimum atomic E-state index is -1.74. The van der Waals surface area contributed by atoms with Crippen molar-refractivity contribution < 1.29 is 75.6 Å². The van der Waals surface area contributed by atoms with Gasteiger partial charge in [0.05, 0.1) is 0 Å². The van der Waals surface area contributed by atoms with Gasteiger partial charge in [0.1, 0.15) is 0 Å². The van der Waals surface area contributed by atoms with Crippen LogP contribution in [0.2, 0.25) is 0 Å². The molecule has 0 spiro atoms. The van der Waals surface area contributed by atoms with Crippen LogP contribution >= 0.6 is 0 Å². The summed E-state index contributed by atoms with van der Waals surface area (Å²) >= 11 is 0. The first kappa shape index (κ1) is 14.6. The quantitative estimate of drug-likeness (QED) is 0.203. The van der Waals surface area contributed by atoms with Crippen LogP contribution in [0.15, 0.2) is 12.2 Å². The predicted molar refractivity (Wildman–Crippen MR) is 32.3 cm³/mol. The molecule has 0 unspecified atom stereocenters. The maximum atomic E-state index is 10.5. The molecule has 0 aromatic carbocycles. The Kier molecular flexibility index (Phi) is 9.45. The van der Waals surface area contributed by atoms with E-state index in [1.807, 2.05) is 0 Å². The number of carbonyl (C=O) groups is 2. The Bertz CT molecular complexity index is 188. The Morgan fingerprint density at radius 1 is 1.42 bits per heavy atom. The fraction of sp³-hybridized carbons (Fsp3) is 0.333. The number of hydrogen-bond donors (Lipinski definition) is 0. The molecule has 0 heterocycles. The molecule has 0 aliphatic carbocycles. The van der Waals surface area contributed by atoms with Gasteiger partial charge in [-0.3, -0.25) is 0 Å². The van der Waals surface area contributed by atoms with Crippen molar-refractivity contribution in [1.82, 2.24) is 0 Å². The summed E-state index contributed by atoms with van der Waals surface area (Å²) in [6.07, 6.45) is -1.74. The molecule has 12 heavy (non-hydrogen) atoms. The van der Waals surface area contributed by atoms with Gasteiger partial charge in [-0.05, 0) is 6.92 Å². The number of hydrogen-bond acceptors (Lipinski definition) is 5. The summed E-state index contributed by atoms with van der Waals surface area (Å²) in [5.41, 5.74) is 0.173. The number of carboxylic acid groups (broad SMARTS) is 1. The minimum absolute atomic E-state index is 0. The second-order valence-electron chi connectivity index (χ2n) is 1.72. The van der Waals surface area contributed by atoms with Gasteiger partial charge < -0.3 is 19.4 Å². The summed E-state index contributed by atoms with van der Waals surface area (Å²) < 4.78 is 8.02. The first-order chi connectivity index (χ1) is 5.04. The molecule has 0 atom stereocenters. The zero-order valence-electron chi connectivity index (χ0n) is 6.96. The van der Waals surface area contributed by atoms with Crippen molar-refractivity contribution >= 4 is 12.1 Å². The van der Waals surface area contributed by atoms with E-state index in [4.69, 9.17) is 0 Å². The number of carbonyl (C=O) groups excluding carboxylic acids is 2. The maximum Gasteiger partial charge on any atom is 1.00 e. The molecule has 62 valence electrons. The van der Waals surface area contributed by atoms with Crippen LogP contribution in [0, 0.1) is 0 Å². The molecule has 0 aliphatic heterocycles. The molecular weight excluding hydrogens is 191 g/mol. The maximum absolute atomic E-state index is 10.5. The van der Waals surface area contributed by atoms with Crippen molar-refractivity contribution in [3.63, 3.8) is 0 Å². The van der Waals surface area contributed by atoms with Crippen LogP contribution < -0.4 is 56.5 Å². The van der Waals surface area contributed by atoms with E-state index in [0.29, 0.717) is 0 Å². The van der Waals surface area contributed by atoms with Gasteiger partial charge in [-0.15, -0.1) is 0 Å². The third-order valence-electron chi connectivity index (χ3n) is 0.715. The van der Waals surface area contributed by atoms with E-state index in [1.165, 1.54) is 6.92 Å². The van der Waals surface area contributed by atoms with Crippen LogP contribution in [-0.2, 0) is 14.3 Å². The fourth-order valence-corrected chi connectivity index (χ4v) is 0.254. The summed E-state index contributed by atoms with van der Waals surface area (Å²) in [4.78, 5) is 20.1. The Balaban J connectivity index is 0. The molecule has 0 N–H and O–H groups in total. The first-order valence-corrected chi connectivity index (χ1v) is 2.70. The molecule has 0 bridgehead atoms. The van der Waals surface area contributed by atoms with Crippen LogP contribution in [-0.4, -0.2) is 18.9 Å². The molecule has 0 amide bonds. The Morgan fingerprint density at radius 3 is 2.25 bits per heavy atom. The molecule has 0 rings (SSSR count). The fourth-order valence-electron chi connectivity index (χ4n) is 0.254. The molecule has 0 radical (unpaired) electrons. The third kappa shape index (κ3) is 8.22. The summed E-state index contributed by atoms with van der Waals surface area (Å²) in [6.45, 7) is 4.03.